The number of Topliss-reactive ketones (excluding diaryl/α,β-unsaturated/α-hetero) is 1. The number of carbonyl (C=O) groups is 3. The van der Waals surface area contributed by atoms with E-state index in [4.69, 9.17) is 4.74 Å². The van der Waals surface area contributed by atoms with Gasteiger partial charge in [-0.25, -0.2) is 4.79 Å². The molecule has 0 saturated carbocycles. The van der Waals surface area contributed by atoms with Gasteiger partial charge in [0.15, 0.2) is 6.10 Å². The molecule has 1 aliphatic rings. The van der Waals surface area contributed by atoms with E-state index in [-0.39, 0.29) is 11.7 Å². The summed E-state index contributed by atoms with van der Waals surface area (Å²) in [5, 5.41) is 0. The summed E-state index contributed by atoms with van der Waals surface area (Å²) in [4.78, 5) is 38.2. The largest absolute Gasteiger partial charge is 0.451 e. The van der Waals surface area contributed by atoms with Crippen LogP contribution in [0, 0.1) is 0 Å². The van der Waals surface area contributed by atoms with E-state index in [1.54, 1.807) is 43.3 Å². The van der Waals surface area contributed by atoms with Gasteiger partial charge in [-0.05, 0) is 43.2 Å². The van der Waals surface area contributed by atoms with Crippen molar-refractivity contribution in [2.45, 2.75) is 32.4 Å². The number of nitrogens with zero attached hydrogens (tertiary/aromatic N) is 1. The van der Waals surface area contributed by atoms with Crippen LogP contribution in [-0.2, 0) is 16.1 Å². The second kappa shape index (κ2) is 8.48. The van der Waals surface area contributed by atoms with Crippen LogP contribution < -0.4 is 0 Å². The Bertz CT molecular complexity index is 845. The Kier molecular flexibility index (Phi) is 6.06. The Hall–Kier alpha value is -2.47. The first-order valence-electron chi connectivity index (χ1n) is 8.81. The highest BCUT2D eigenvalue weighted by Gasteiger charge is 2.22. The average molecular weight is 430 g/mol. The van der Waals surface area contributed by atoms with Gasteiger partial charge in [-0.1, -0.05) is 40.2 Å². The van der Waals surface area contributed by atoms with Crippen molar-refractivity contribution in [2.24, 2.45) is 0 Å². The molecule has 0 aromatic heterocycles. The van der Waals surface area contributed by atoms with Crippen LogP contribution in [0.2, 0.25) is 0 Å². The van der Waals surface area contributed by atoms with Gasteiger partial charge in [0.05, 0.1) is 5.56 Å². The van der Waals surface area contributed by atoms with Crippen LogP contribution in [0.1, 0.15) is 46.0 Å². The number of amides is 1. The van der Waals surface area contributed by atoms with Gasteiger partial charge >= 0.3 is 5.97 Å². The predicted molar refractivity (Wildman–Crippen MR) is 104 cm³/mol. The van der Waals surface area contributed by atoms with Gasteiger partial charge in [0.25, 0.3) is 0 Å². The fraction of sp³-hybridized carbons (Fsp3) is 0.286. The molecule has 0 radical (unpaired) electrons. The van der Waals surface area contributed by atoms with Crippen molar-refractivity contribution in [1.82, 2.24) is 4.90 Å². The van der Waals surface area contributed by atoms with Crippen molar-refractivity contribution in [2.75, 3.05) is 6.54 Å². The van der Waals surface area contributed by atoms with Crippen LogP contribution in [0.15, 0.2) is 53.0 Å². The number of rotatable bonds is 6. The lowest BCUT2D eigenvalue weighted by Crippen LogP contribution is -2.25. The Morgan fingerprint density at radius 2 is 1.70 bits per heavy atom. The van der Waals surface area contributed by atoms with Crippen molar-refractivity contribution < 1.29 is 19.1 Å². The number of likely N-dealkylation sites (tertiary alicyclic amines) is 1. The fourth-order valence-electron chi connectivity index (χ4n) is 2.97. The molecule has 0 spiro atoms. The van der Waals surface area contributed by atoms with Gasteiger partial charge in [0, 0.05) is 29.5 Å². The topological polar surface area (TPSA) is 63.7 Å². The summed E-state index contributed by atoms with van der Waals surface area (Å²) >= 11 is 3.32. The van der Waals surface area contributed by atoms with E-state index in [0.29, 0.717) is 24.1 Å². The average Bonchev–Trinajstić information content (AvgIpc) is 3.07. The molecule has 2 aromatic carbocycles. The monoisotopic (exact) mass is 429 g/mol. The minimum Gasteiger partial charge on any atom is -0.451 e. The fourth-order valence-corrected chi connectivity index (χ4v) is 3.23. The maximum atomic E-state index is 12.4. The smallest absolute Gasteiger partial charge is 0.338 e. The summed E-state index contributed by atoms with van der Waals surface area (Å²) in [7, 11) is 0. The van der Waals surface area contributed by atoms with Crippen molar-refractivity contribution in [3.05, 3.63) is 69.7 Å². The number of ether oxygens (including phenoxy) is 1. The molecule has 1 fully saturated rings. The van der Waals surface area contributed by atoms with Gasteiger partial charge in [-0.2, -0.15) is 0 Å². The van der Waals surface area contributed by atoms with E-state index in [0.717, 1.165) is 23.0 Å². The third-order valence-corrected chi connectivity index (χ3v) is 5.04. The molecule has 6 heteroatoms. The SMILES string of the molecule is CC(OC(=O)c1ccc(CN2CCCC2=O)cc1)C(=O)c1ccc(Br)cc1. The van der Waals surface area contributed by atoms with Crippen molar-refractivity contribution >= 4 is 33.6 Å². The van der Waals surface area contributed by atoms with Gasteiger partial charge in [-0.3, -0.25) is 9.59 Å². The molecule has 0 aliphatic carbocycles. The van der Waals surface area contributed by atoms with E-state index in [1.165, 1.54) is 0 Å². The van der Waals surface area contributed by atoms with E-state index >= 15 is 0 Å². The molecule has 1 amide bonds. The molecular formula is C21H20BrNO4. The summed E-state index contributed by atoms with van der Waals surface area (Å²) in [6, 6.07) is 13.9. The molecule has 27 heavy (non-hydrogen) atoms. The Morgan fingerprint density at radius 3 is 2.30 bits per heavy atom. The minimum atomic E-state index is -0.874. The zero-order chi connectivity index (χ0) is 19.4. The van der Waals surface area contributed by atoms with Crippen LogP contribution in [-0.4, -0.2) is 35.2 Å². The predicted octanol–water partition coefficient (Wildman–Crippen LogP) is 4.00. The quantitative estimate of drug-likeness (QED) is 0.514. The third kappa shape index (κ3) is 4.83. The molecule has 1 heterocycles. The van der Waals surface area contributed by atoms with Crippen molar-refractivity contribution in [3.63, 3.8) is 0 Å². The number of halogens is 1. The second-order valence-electron chi connectivity index (χ2n) is 6.53. The van der Waals surface area contributed by atoms with Crippen molar-refractivity contribution in [1.29, 1.82) is 0 Å². The third-order valence-electron chi connectivity index (χ3n) is 4.52. The summed E-state index contributed by atoms with van der Waals surface area (Å²) < 4.78 is 6.18. The standard InChI is InChI=1S/C21H20BrNO4/c1-14(20(25)16-8-10-18(22)11-9-16)27-21(26)17-6-4-15(5-7-17)13-23-12-2-3-19(23)24/h4-11,14H,2-3,12-13H2,1H3. The molecule has 5 nitrogen and oxygen atoms in total. The van der Waals surface area contributed by atoms with Crippen LogP contribution in [0.25, 0.3) is 0 Å². The van der Waals surface area contributed by atoms with Crippen LogP contribution in [0.4, 0.5) is 0 Å². The zero-order valence-electron chi connectivity index (χ0n) is 15.0. The number of esters is 1. The molecule has 0 N–H and O–H groups in total. The molecule has 1 aliphatic heterocycles. The lowest BCUT2D eigenvalue weighted by Gasteiger charge is -2.16. The van der Waals surface area contributed by atoms with Crippen LogP contribution >= 0.6 is 15.9 Å². The van der Waals surface area contributed by atoms with Gasteiger partial charge in [0.1, 0.15) is 0 Å². The van der Waals surface area contributed by atoms with Crippen molar-refractivity contribution in [3.8, 4) is 0 Å². The molecule has 1 unspecified atom stereocenters. The van der Waals surface area contributed by atoms with Gasteiger partial charge < -0.3 is 9.64 Å². The molecule has 1 saturated heterocycles. The Balaban J connectivity index is 1.59. The Morgan fingerprint density at radius 1 is 1.07 bits per heavy atom. The molecular weight excluding hydrogens is 410 g/mol. The number of ketones is 1. The number of benzene rings is 2. The lowest BCUT2D eigenvalue weighted by molar-refractivity contribution is -0.128. The van der Waals surface area contributed by atoms with E-state index in [9.17, 15) is 14.4 Å². The number of carbonyl (C=O) groups excluding carboxylic acids is 3. The first-order valence-corrected chi connectivity index (χ1v) is 9.61. The first kappa shape index (κ1) is 19.3. The summed E-state index contributed by atoms with van der Waals surface area (Å²) in [5.74, 6) is -0.629. The normalized spacial score (nSPS) is 14.9. The zero-order valence-corrected chi connectivity index (χ0v) is 16.6. The van der Waals surface area contributed by atoms with Crippen LogP contribution in [0.3, 0.4) is 0 Å². The molecule has 140 valence electrons. The van der Waals surface area contributed by atoms with Gasteiger partial charge in [0.2, 0.25) is 11.7 Å². The highest BCUT2D eigenvalue weighted by molar-refractivity contribution is 9.10. The maximum absolute atomic E-state index is 12.4. The Labute approximate surface area is 166 Å². The number of hydrogen-bond acceptors (Lipinski definition) is 4. The minimum absolute atomic E-state index is 0.166. The molecule has 3 rings (SSSR count). The van der Waals surface area contributed by atoms with E-state index in [1.807, 2.05) is 17.0 Å². The molecule has 0 bridgehead atoms. The molecule has 1 atom stereocenters. The van der Waals surface area contributed by atoms with E-state index in [2.05, 4.69) is 15.9 Å². The maximum Gasteiger partial charge on any atom is 0.338 e. The molecule has 2 aromatic rings. The summed E-state index contributed by atoms with van der Waals surface area (Å²) in [5.41, 5.74) is 1.83. The summed E-state index contributed by atoms with van der Waals surface area (Å²) in [6.45, 7) is 2.89. The van der Waals surface area contributed by atoms with Crippen LogP contribution in [0.5, 0.6) is 0 Å². The van der Waals surface area contributed by atoms with Gasteiger partial charge in [-0.15, -0.1) is 0 Å². The highest BCUT2D eigenvalue weighted by atomic mass is 79.9. The highest BCUT2D eigenvalue weighted by Crippen LogP contribution is 2.16. The first-order chi connectivity index (χ1) is 12.9. The second-order valence-corrected chi connectivity index (χ2v) is 7.45. The van der Waals surface area contributed by atoms with E-state index < -0.39 is 12.1 Å². The number of hydrogen-bond donors (Lipinski definition) is 0. The summed E-state index contributed by atoms with van der Waals surface area (Å²) in [6.07, 6.45) is 0.628. The lowest BCUT2D eigenvalue weighted by atomic mass is 10.1.